The second-order valence-corrected chi connectivity index (χ2v) is 6.73. The number of primary amides is 1. The predicted octanol–water partition coefficient (Wildman–Crippen LogP) is -0.528. The fourth-order valence-electron chi connectivity index (χ4n) is 3.96. The number of likely N-dealkylation sites (tertiary alicyclic amines) is 2. The van der Waals surface area contributed by atoms with E-state index in [1.54, 1.807) is 4.90 Å². The van der Waals surface area contributed by atoms with Crippen LogP contribution in [0.25, 0.3) is 0 Å². The normalized spacial score (nSPS) is 28.7. The summed E-state index contributed by atoms with van der Waals surface area (Å²) < 4.78 is 0. The summed E-state index contributed by atoms with van der Waals surface area (Å²) in [7, 11) is 0. The molecule has 0 radical (unpaired) electrons. The van der Waals surface area contributed by atoms with Gasteiger partial charge in [-0.2, -0.15) is 0 Å². The van der Waals surface area contributed by atoms with Crippen molar-refractivity contribution >= 4 is 30.1 Å². The minimum atomic E-state index is -0.936. The Bertz CT molecular complexity index is 509. The van der Waals surface area contributed by atoms with Gasteiger partial charge in [-0.1, -0.05) is 0 Å². The molecule has 2 saturated heterocycles. The summed E-state index contributed by atoms with van der Waals surface area (Å²) in [5, 5.41) is 0. The van der Waals surface area contributed by atoms with Gasteiger partial charge in [0.05, 0.1) is 0 Å². The molecule has 3 fully saturated rings. The van der Waals surface area contributed by atoms with Crippen molar-refractivity contribution < 1.29 is 14.4 Å². The maximum absolute atomic E-state index is 12.6. The highest BCUT2D eigenvalue weighted by atomic mass is 35.5. The fraction of sp³-hybridized carbons (Fsp3) is 0.800. The van der Waals surface area contributed by atoms with Crippen molar-refractivity contribution in [3.63, 3.8) is 0 Å². The topological polar surface area (TPSA) is 110 Å². The lowest BCUT2D eigenvalue weighted by Crippen LogP contribution is -2.59. The molecule has 0 aromatic carbocycles. The number of nitrogens with two attached hydrogens (primary N) is 2. The van der Waals surface area contributed by atoms with Crippen molar-refractivity contribution in [2.45, 2.75) is 38.1 Å². The lowest BCUT2D eigenvalue weighted by Gasteiger charge is -2.47. The predicted molar refractivity (Wildman–Crippen MR) is 86.6 cm³/mol. The molecule has 2 atom stereocenters. The first-order valence-corrected chi connectivity index (χ1v) is 8.08. The van der Waals surface area contributed by atoms with Crippen LogP contribution in [0.5, 0.6) is 0 Å². The van der Waals surface area contributed by atoms with E-state index in [2.05, 4.69) is 0 Å². The molecular formula is C15H25ClN4O3. The van der Waals surface area contributed by atoms with Crippen molar-refractivity contribution in [2.24, 2.45) is 22.8 Å². The van der Waals surface area contributed by atoms with Crippen molar-refractivity contribution in [1.82, 2.24) is 9.80 Å². The number of hydrogen-bond acceptors (Lipinski definition) is 4. The Kier molecular flexibility index (Phi) is 5.20. The Morgan fingerprint density at radius 2 is 1.96 bits per heavy atom. The molecule has 1 aliphatic carbocycles. The van der Waals surface area contributed by atoms with Gasteiger partial charge >= 0.3 is 0 Å². The zero-order valence-corrected chi connectivity index (χ0v) is 14.0. The highest BCUT2D eigenvalue weighted by Crippen LogP contribution is 2.47. The Morgan fingerprint density at radius 1 is 1.26 bits per heavy atom. The van der Waals surface area contributed by atoms with Crippen LogP contribution in [0.1, 0.15) is 32.1 Å². The van der Waals surface area contributed by atoms with Crippen LogP contribution in [0.15, 0.2) is 0 Å². The molecule has 2 aliphatic heterocycles. The number of carbonyl (C=O) groups excluding carboxylic acids is 3. The molecule has 3 aliphatic rings. The molecule has 3 amide bonds. The number of fused-ring (bicyclic) bond motifs is 1. The molecule has 23 heavy (non-hydrogen) atoms. The van der Waals surface area contributed by atoms with E-state index >= 15 is 0 Å². The maximum Gasteiger partial charge on any atom is 0.238 e. The molecule has 130 valence electrons. The van der Waals surface area contributed by atoms with Crippen LogP contribution in [-0.4, -0.2) is 59.7 Å². The molecule has 0 aromatic rings. The van der Waals surface area contributed by atoms with Crippen LogP contribution < -0.4 is 11.5 Å². The third-order valence-electron chi connectivity index (χ3n) is 5.43. The molecule has 4 N–H and O–H groups in total. The van der Waals surface area contributed by atoms with Gasteiger partial charge in [-0.3, -0.25) is 14.4 Å². The number of piperidine rings is 2. The maximum atomic E-state index is 12.6. The molecule has 8 heteroatoms. The van der Waals surface area contributed by atoms with E-state index in [4.69, 9.17) is 11.5 Å². The Balaban J connectivity index is 0.00000192. The van der Waals surface area contributed by atoms with Crippen molar-refractivity contribution in [3.05, 3.63) is 0 Å². The molecule has 0 unspecified atom stereocenters. The molecule has 0 bridgehead atoms. The third-order valence-corrected chi connectivity index (χ3v) is 5.43. The standard InChI is InChI=1S/C15H24N4O3.ClH/c16-6-8-19-11-3-7-18(9-10(11)1-2-12(19)20)14(22)15(4-5-15)13(17)21;/h10-11H,1-9,16H2,(H2,17,21);1H/t10-,11+;/m0./s1. The third kappa shape index (κ3) is 3.04. The summed E-state index contributed by atoms with van der Waals surface area (Å²) in [5.41, 5.74) is 10.1. The zero-order chi connectivity index (χ0) is 15.9. The summed E-state index contributed by atoms with van der Waals surface area (Å²) in [5.74, 6) is -0.156. The van der Waals surface area contributed by atoms with Crippen LogP contribution in [0.3, 0.4) is 0 Å². The Morgan fingerprint density at radius 3 is 2.52 bits per heavy atom. The average molecular weight is 345 g/mol. The number of rotatable bonds is 4. The molecule has 7 nitrogen and oxygen atoms in total. The molecular weight excluding hydrogens is 320 g/mol. The number of carbonyl (C=O) groups is 3. The lowest BCUT2D eigenvalue weighted by molar-refractivity contribution is -0.148. The van der Waals surface area contributed by atoms with Gasteiger partial charge in [-0.05, 0) is 31.6 Å². The minimum absolute atomic E-state index is 0. The van der Waals surface area contributed by atoms with E-state index in [-0.39, 0.29) is 36.2 Å². The molecule has 1 saturated carbocycles. The van der Waals surface area contributed by atoms with Crippen LogP contribution in [0, 0.1) is 11.3 Å². The van der Waals surface area contributed by atoms with Gasteiger partial charge in [0.2, 0.25) is 17.7 Å². The second-order valence-electron chi connectivity index (χ2n) is 6.73. The van der Waals surface area contributed by atoms with E-state index in [1.807, 2.05) is 4.90 Å². The van der Waals surface area contributed by atoms with Crippen LogP contribution >= 0.6 is 12.4 Å². The van der Waals surface area contributed by atoms with Crippen LogP contribution in [-0.2, 0) is 14.4 Å². The summed E-state index contributed by atoms with van der Waals surface area (Å²) in [6.07, 6.45) is 3.23. The molecule has 0 aromatic heterocycles. The SMILES string of the molecule is Cl.NCCN1C(=O)CC[C@H]2CN(C(=O)C3(C(N)=O)CC3)CC[C@H]21. The van der Waals surface area contributed by atoms with Crippen LogP contribution in [0.2, 0.25) is 0 Å². The highest BCUT2D eigenvalue weighted by molar-refractivity contribution is 6.07. The first-order valence-electron chi connectivity index (χ1n) is 8.08. The van der Waals surface area contributed by atoms with Gasteiger partial charge in [-0.15, -0.1) is 12.4 Å². The van der Waals surface area contributed by atoms with Crippen molar-refractivity contribution in [3.8, 4) is 0 Å². The average Bonchev–Trinajstić information content (AvgIpc) is 3.31. The van der Waals surface area contributed by atoms with Gasteiger partial charge in [-0.25, -0.2) is 0 Å². The quantitative estimate of drug-likeness (QED) is 0.668. The largest absolute Gasteiger partial charge is 0.369 e. The first-order chi connectivity index (χ1) is 10.5. The summed E-state index contributed by atoms with van der Waals surface area (Å²) in [4.78, 5) is 39.8. The van der Waals surface area contributed by atoms with E-state index in [1.165, 1.54) is 0 Å². The summed E-state index contributed by atoms with van der Waals surface area (Å²) in [6.45, 7) is 2.25. The van der Waals surface area contributed by atoms with E-state index in [9.17, 15) is 14.4 Å². The Labute approximate surface area is 142 Å². The molecule has 2 heterocycles. The highest BCUT2D eigenvalue weighted by Gasteiger charge is 2.57. The second kappa shape index (κ2) is 6.65. The number of halogens is 1. The van der Waals surface area contributed by atoms with E-state index in [0.717, 1.165) is 12.8 Å². The summed E-state index contributed by atoms with van der Waals surface area (Å²) >= 11 is 0. The lowest BCUT2D eigenvalue weighted by atomic mass is 9.83. The van der Waals surface area contributed by atoms with Gasteiger partial charge in [0.1, 0.15) is 5.41 Å². The van der Waals surface area contributed by atoms with E-state index < -0.39 is 11.3 Å². The Hall–Kier alpha value is -1.34. The number of nitrogens with zero attached hydrogens (tertiary/aromatic N) is 2. The van der Waals surface area contributed by atoms with Gasteiger partial charge in [0.25, 0.3) is 0 Å². The van der Waals surface area contributed by atoms with Crippen molar-refractivity contribution in [2.75, 3.05) is 26.2 Å². The smallest absolute Gasteiger partial charge is 0.238 e. The van der Waals surface area contributed by atoms with E-state index in [0.29, 0.717) is 45.4 Å². The van der Waals surface area contributed by atoms with Gasteiger partial charge in [0, 0.05) is 38.6 Å². The number of hydrogen-bond donors (Lipinski definition) is 2. The van der Waals surface area contributed by atoms with Gasteiger partial charge in [0.15, 0.2) is 0 Å². The minimum Gasteiger partial charge on any atom is -0.369 e. The fourth-order valence-corrected chi connectivity index (χ4v) is 3.96. The molecule has 0 spiro atoms. The first kappa shape index (κ1) is 18.0. The number of amides is 3. The van der Waals surface area contributed by atoms with Gasteiger partial charge < -0.3 is 21.3 Å². The summed E-state index contributed by atoms with van der Waals surface area (Å²) in [6, 6.07) is 0.178. The monoisotopic (exact) mass is 344 g/mol. The zero-order valence-electron chi connectivity index (χ0n) is 13.2. The van der Waals surface area contributed by atoms with Crippen molar-refractivity contribution in [1.29, 1.82) is 0 Å². The molecule has 3 rings (SSSR count). The van der Waals surface area contributed by atoms with Crippen LogP contribution in [0.4, 0.5) is 0 Å².